The van der Waals surface area contributed by atoms with E-state index in [9.17, 15) is 4.79 Å². The lowest BCUT2D eigenvalue weighted by molar-refractivity contribution is 0.132. The number of nitrogens with two attached hydrogens (primary N) is 1. The first-order valence-corrected chi connectivity index (χ1v) is 5.83. The van der Waals surface area contributed by atoms with Gasteiger partial charge in [-0.05, 0) is 25.5 Å². The van der Waals surface area contributed by atoms with Crippen molar-refractivity contribution in [1.82, 2.24) is 0 Å². The number of ether oxygens (including phenoxy) is 2. The number of amides is 1. The molecule has 5 heteroatoms. The number of hydrogen-bond donors (Lipinski definition) is 2. The highest BCUT2D eigenvalue weighted by Gasteiger charge is 2.18. The van der Waals surface area contributed by atoms with Gasteiger partial charge >= 0.3 is 6.09 Å². The van der Waals surface area contributed by atoms with Gasteiger partial charge in [-0.3, -0.25) is 5.32 Å². The standard InChI is InChI=1S/C13H20N2O3/c1-4-13(2,14)9-18-12(16)15-10-6-5-7-11(8-10)17-3/h5-8H,4,9,14H2,1-3H3,(H,15,16). The summed E-state index contributed by atoms with van der Waals surface area (Å²) in [5, 5.41) is 2.62. The van der Waals surface area contributed by atoms with Crippen LogP contribution in [-0.4, -0.2) is 25.3 Å². The van der Waals surface area contributed by atoms with E-state index in [1.54, 1.807) is 31.4 Å². The number of anilines is 1. The summed E-state index contributed by atoms with van der Waals surface area (Å²) in [5.74, 6) is 0.671. The third-order valence-corrected chi connectivity index (χ3v) is 2.66. The molecule has 0 bridgehead atoms. The first kappa shape index (κ1) is 14.3. The van der Waals surface area contributed by atoms with Crippen molar-refractivity contribution in [2.24, 2.45) is 5.73 Å². The van der Waals surface area contributed by atoms with Crippen molar-refractivity contribution in [3.63, 3.8) is 0 Å². The first-order chi connectivity index (χ1) is 8.46. The van der Waals surface area contributed by atoms with Crippen molar-refractivity contribution in [2.75, 3.05) is 19.0 Å². The third-order valence-electron chi connectivity index (χ3n) is 2.66. The van der Waals surface area contributed by atoms with Crippen molar-refractivity contribution in [3.05, 3.63) is 24.3 Å². The maximum absolute atomic E-state index is 11.5. The summed E-state index contributed by atoms with van der Waals surface area (Å²) in [5.41, 5.74) is 6.00. The Morgan fingerprint density at radius 2 is 2.22 bits per heavy atom. The average Bonchev–Trinajstić information content (AvgIpc) is 2.37. The molecule has 0 spiro atoms. The Labute approximate surface area is 107 Å². The van der Waals surface area contributed by atoms with Crippen LogP contribution in [0.2, 0.25) is 0 Å². The molecule has 1 aromatic rings. The van der Waals surface area contributed by atoms with Gasteiger partial charge in [-0.2, -0.15) is 0 Å². The van der Waals surface area contributed by atoms with Crippen molar-refractivity contribution >= 4 is 11.8 Å². The molecule has 0 aliphatic rings. The highest BCUT2D eigenvalue weighted by Crippen LogP contribution is 2.17. The van der Waals surface area contributed by atoms with E-state index in [4.69, 9.17) is 15.2 Å². The zero-order valence-electron chi connectivity index (χ0n) is 11.0. The van der Waals surface area contributed by atoms with E-state index in [0.29, 0.717) is 11.4 Å². The van der Waals surface area contributed by atoms with Gasteiger partial charge in [0, 0.05) is 17.3 Å². The highest BCUT2D eigenvalue weighted by atomic mass is 16.5. The van der Waals surface area contributed by atoms with Crippen LogP contribution in [0, 0.1) is 0 Å². The van der Waals surface area contributed by atoms with Crippen LogP contribution >= 0.6 is 0 Å². The Bertz CT molecular complexity index is 405. The molecular weight excluding hydrogens is 232 g/mol. The molecule has 0 aromatic heterocycles. The second-order valence-electron chi connectivity index (χ2n) is 4.44. The number of carbonyl (C=O) groups excluding carboxylic acids is 1. The molecule has 0 saturated carbocycles. The summed E-state index contributed by atoms with van der Waals surface area (Å²) in [6.45, 7) is 3.97. The smallest absolute Gasteiger partial charge is 0.411 e. The molecule has 1 atom stereocenters. The topological polar surface area (TPSA) is 73.6 Å². The molecule has 1 unspecified atom stereocenters. The Morgan fingerprint density at radius 1 is 1.50 bits per heavy atom. The number of benzene rings is 1. The summed E-state index contributed by atoms with van der Waals surface area (Å²) in [4.78, 5) is 11.5. The van der Waals surface area contributed by atoms with Crippen LogP contribution in [0.25, 0.3) is 0 Å². The van der Waals surface area contributed by atoms with Gasteiger partial charge in [-0.15, -0.1) is 0 Å². The van der Waals surface area contributed by atoms with E-state index >= 15 is 0 Å². The van der Waals surface area contributed by atoms with Crippen LogP contribution in [-0.2, 0) is 4.74 Å². The summed E-state index contributed by atoms with van der Waals surface area (Å²) >= 11 is 0. The van der Waals surface area contributed by atoms with Gasteiger partial charge in [-0.1, -0.05) is 13.0 Å². The predicted octanol–water partition coefficient (Wildman–Crippen LogP) is 2.37. The Hall–Kier alpha value is -1.75. The van der Waals surface area contributed by atoms with Crippen molar-refractivity contribution in [3.8, 4) is 5.75 Å². The number of hydrogen-bond acceptors (Lipinski definition) is 4. The molecule has 0 radical (unpaired) electrons. The monoisotopic (exact) mass is 252 g/mol. The average molecular weight is 252 g/mol. The summed E-state index contributed by atoms with van der Waals surface area (Å²) in [6.07, 6.45) is 0.216. The lowest BCUT2D eigenvalue weighted by Crippen LogP contribution is -2.41. The van der Waals surface area contributed by atoms with Crippen LogP contribution in [0.3, 0.4) is 0 Å². The fourth-order valence-electron chi connectivity index (χ4n) is 1.19. The van der Waals surface area contributed by atoms with Crippen LogP contribution in [0.5, 0.6) is 5.75 Å². The lowest BCUT2D eigenvalue weighted by Gasteiger charge is -2.22. The van der Waals surface area contributed by atoms with Crippen molar-refractivity contribution in [1.29, 1.82) is 0 Å². The van der Waals surface area contributed by atoms with Gasteiger partial charge in [0.25, 0.3) is 0 Å². The Morgan fingerprint density at radius 3 is 2.83 bits per heavy atom. The van der Waals surface area contributed by atoms with E-state index in [2.05, 4.69) is 5.32 Å². The van der Waals surface area contributed by atoms with Gasteiger partial charge in [-0.25, -0.2) is 4.79 Å². The molecular formula is C13H20N2O3. The Balaban J connectivity index is 2.49. The number of nitrogens with one attached hydrogen (secondary N) is 1. The van der Waals surface area contributed by atoms with E-state index in [1.807, 2.05) is 13.8 Å². The predicted molar refractivity (Wildman–Crippen MR) is 70.8 cm³/mol. The largest absolute Gasteiger partial charge is 0.497 e. The molecule has 100 valence electrons. The van der Waals surface area contributed by atoms with Crippen molar-refractivity contribution < 1.29 is 14.3 Å². The molecule has 0 aliphatic carbocycles. The molecule has 1 rings (SSSR count). The maximum atomic E-state index is 11.5. The van der Waals surface area contributed by atoms with E-state index < -0.39 is 11.6 Å². The van der Waals surface area contributed by atoms with Gasteiger partial charge in [0.1, 0.15) is 12.4 Å². The van der Waals surface area contributed by atoms with E-state index in [1.165, 1.54) is 0 Å². The molecule has 1 aromatic carbocycles. The Kier molecular flexibility index (Phi) is 4.97. The van der Waals surface area contributed by atoms with Gasteiger partial charge in [0.05, 0.1) is 7.11 Å². The minimum Gasteiger partial charge on any atom is -0.497 e. The van der Waals surface area contributed by atoms with Crippen molar-refractivity contribution in [2.45, 2.75) is 25.8 Å². The maximum Gasteiger partial charge on any atom is 0.411 e. The quantitative estimate of drug-likeness (QED) is 0.843. The summed E-state index contributed by atoms with van der Waals surface area (Å²) < 4.78 is 10.1. The molecule has 0 heterocycles. The summed E-state index contributed by atoms with van der Waals surface area (Å²) in [6, 6.07) is 7.05. The number of carbonyl (C=O) groups is 1. The molecule has 18 heavy (non-hydrogen) atoms. The van der Waals surface area contributed by atoms with Crippen LogP contribution < -0.4 is 15.8 Å². The minimum atomic E-state index is -0.520. The normalized spacial score (nSPS) is 13.6. The minimum absolute atomic E-state index is 0.180. The number of methoxy groups -OCH3 is 1. The van der Waals surface area contributed by atoms with Crippen LogP contribution in [0.15, 0.2) is 24.3 Å². The highest BCUT2D eigenvalue weighted by molar-refractivity contribution is 5.84. The molecule has 3 N–H and O–H groups in total. The third kappa shape index (κ3) is 4.63. The molecule has 0 saturated heterocycles. The number of rotatable bonds is 5. The fraction of sp³-hybridized carbons (Fsp3) is 0.462. The fourth-order valence-corrected chi connectivity index (χ4v) is 1.19. The summed E-state index contributed by atoms with van der Waals surface area (Å²) in [7, 11) is 1.57. The molecule has 0 fully saturated rings. The van der Waals surface area contributed by atoms with Crippen LogP contribution in [0.1, 0.15) is 20.3 Å². The SMILES string of the molecule is CCC(C)(N)COC(=O)Nc1cccc(OC)c1. The molecule has 0 aliphatic heterocycles. The van der Waals surface area contributed by atoms with E-state index in [-0.39, 0.29) is 6.61 Å². The zero-order chi connectivity index (χ0) is 13.6. The van der Waals surface area contributed by atoms with Gasteiger partial charge < -0.3 is 15.2 Å². The second-order valence-corrected chi connectivity index (χ2v) is 4.44. The van der Waals surface area contributed by atoms with Gasteiger partial charge in [0.15, 0.2) is 0 Å². The molecule has 5 nitrogen and oxygen atoms in total. The zero-order valence-corrected chi connectivity index (χ0v) is 11.0. The molecule has 1 amide bonds. The second kappa shape index (κ2) is 6.26. The van der Waals surface area contributed by atoms with E-state index in [0.717, 1.165) is 6.42 Å². The first-order valence-electron chi connectivity index (χ1n) is 5.83. The lowest BCUT2D eigenvalue weighted by atomic mass is 10.0. The van der Waals surface area contributed by atoms with Gasteiger partial charge in [0.2, 0.25) is 0 Å². The van der Waals surface area contributed by atoms with Crippen LogP contribution in [0.4, 0.5) is 10.5 Å².